The van der Waals surface area contributed by atoms with Gasteiger partial charge in [-0.2, -0.15) is 5.10 Å². The summed E-state index contributed by atoms with van der Waals surface area (Å²) in [7, 11) is 0. The second-order valence-corrected chi connectivity index (χ2v) is 4.54. The summed E-state index contributed by atoms with van der Waals surface area (Å²) in [4.78, 5) is 0. The number of aliphatic hydroxyl groups excluding tert-OH is 1. The summed E-state index contributed by atoms with van der Waals surface area (Å²) in [6.45, 7) is 8.94. The lowest BCUT2D eigenvalue weighted by atomic mass is 10.2. The van der Waals surface area contributed by atoms with Gasteiger partial charge in [0.15, 0.2) is 0 Å². The third-order valence-corrected chi connectivity index (χ3v) is 2.77. The molecule has 2 N–H and O–H groups in total. The van der Waals surface area contributed by atoms with E-state index in [1.165, 1.54) is 0 Å². The molecule has 0 bridgehead atoms. The Morgan fingerprint density at radius 1 is 1.44 bits per heavy atom. The van der Waals surface area contributed by atoms with Gasteiger partial charge in [0, 0.05) is 24.8 Å². The van der Waals surface area contributed by atoms with Crippen LogP contribution in [0, 0.1) is 0 Å². The first-order valence-corrected chi connectivity index (χ1v) is 6.01. The molecule has 0 amide bonds. The molecular weight excluding hydrogens is 202 g/mol. The lowest BCUT2D eigenvalue weighted by molar-refractivity contribution is 0.157. The molecule has 0 aliphatic carbocycles. The van der Waals surface area contributed by atoms with Crippen molar-refractivity contribution in [1.29, 1.82) is 0 Å². The Hall–Kier alpha value is -0.870. The topological polar surface area (TPSA) is 50.1 Å². The van der Waals surface area contributed by atoms with E-state index in [0.717, 1.165) is 12.1 Å². The maximum atomic E-state index is 10.1. The third-order valence-electron chi connectivity index (χ3n) is 2.77. The number of hydrogen-bond acceptors (Lipinski definition) is 3. The van der Waals surface area contributed by atoms with Crippen LogP contribution >= 0.6 is 0 Å². The number of nitrogens with zero attached hydrogens (tertiary/aromatic N) is 2. The van der Waals surface area contributed by atoms with Crippen molar-refractivity contribution in [3.05, 3.63) is 18.0 Å². The van der Waals surface area contributed by atoms with Crippen molar-refractivity contribution < 1.29 is 5.11 Å². The molecule has 0 aliphatic rings. The third kappa shape index (κ3) is 3.32. The average molecular weight is 225 g/mol. The molecule has 0 saturated heterocycles. The van der Waals surface area contributed by atoms with Gasteiger partial charge in [-0.1, -0.05) is 20.8 Å². The minimum absolute atomic E-state index is 0.332. The summed E-state index contributed by atoms with van der Waals surface area (Å²) in [5, 5.41) is 17.6. The SMILES string of the molecule is CCC(C)n1nccc1C(O)CNC(C)C. The minimum Gasteiger partial charge on any atom is -0.385 e. The highest BCUT2D eigenvalue weighted by molar-refractivity contribution is 5.06. The predicted molar refractivity (Wildman–Crippen MR) is 65.3 cm³/mol. The van der Waals surface area contributed by atoms with Crippen LogP contribution in [0.2, 0.25) is 0 Å². The van der Waals surface area contributed by atoms with Gasteiger partial charge in [0.05, 0.1) is 5.69 Å². The summed E-state index contributed by atoms with van der Waals surface area (Å²) in [6, 6.07) is 2.60. The van der Waals surface area contributed by atoms with Crippen molar-refractivity contribution in [2.24, 2.45) is 0 Å². The lowest BCUT2D eigenvalue weighted by Gasteiger charge is -2.19. The molecular formula is C12H23N3O. The lowest BCUT2D eigenvalue weighted by Crippen LogP contribution is -2.29. The van der Waals surface area contributed by atoms with Crippen molar-refractivity contribution in [3.63, 3.8) is 0 Å². The Morgan fingerprint density at radius 2 is 2.12 bits per heavy atom. The Kier molecular flexibility index (Phi) is 4.96. The quantitative estimate of drug-likeness (QED) is 0.777. The molecule has 0 spiro atoms. The molecule has 1 aromatic rings. The van der Waals surface area contributed by atoms with E-state index in [4.69, 9.17) is 0 Å². The van der Waals surface area contributed by atoms with E-state index in [9.17, 15) is 5.11 Å². The number of hydrogen-bond donors (Lipinski definition) is 2. The van der Waals surface area contributed by atoms with Crippen LogP contribution in [0.25, 0.3) is 0 Å². The Labute approximate surface area is 97.7 Å². The van der Waals surface area contributed by atoms with Gasteiger partial charge in [-0.3, -0.25) is 4.68 Å². The molecule has 16 heavy (non-hydrogen) atoms. The van der Waals surface area contributed by atoms with Crippen LogP contribution in [0.4, 0.5) is 0 Å². The van der Waals surface area contributed by atoms with Gasteiger partial charge in [-0.05, 0) is 19.4 Å². The highest BCUT2D eigenvalue weighted by Gasteiger charge is 2.15. The van der Waals surface area contributed by atoms with E-state index in [1.807, 2.05) is 10.7 Å². The van der Waals surface area contributed by atoms with E-state index in [2.05, 4.69) is 38.1 Å². The number of aliphatic hydroxyl groups is 1. The Morgan fingerprint density at radius 3 is 2.69 bits per heavy atom. The Balaban J connectivity index is 2.67. The monoisotopic (exact) mass is 225 g/mol. The first-order valence-electron chi connectivity index (χ1n) is 6.01. The van der Waals surface area contributed by atoms with Gasteiger partial charge in [0.25, 0.3) is 0 Å². The van der Waals surface area contributed by atoms with Crippen LogP contribution < -0.4 is 5.32 Å². The van der Waals surface area contributed by atoms with Crippen molar-refractivity contribution in [1.82, 2.24) is 15.1 Å². The van der Waals surface area contributed by atoms with Gasteiger partial charge < -0.3 is 10.4 Å². The standard InChI is InChI=1S/C12H23N3O/c1-5-10(4)15-11(6-7-14-15)12(16)8-13-9(2)3/h6-7,9-10,12-13,16H,5,8H2,1-4H3. The fourth-order valence-electron chi connectivity index (χ4n) is 1.58. The molecule has 0 aromatic carbocycles. The second kappa shape index (κ2) is 6.01. The summed E-state index contributed by atoms with van der Waals surface area (Å²) >= 11 is 0. The molecule has 0 radical (unpaired) electrons. The van der Waals surface area contributed by atoms with Crippen molar-refractivity contribution in [3.8, 4) is 0 Å². The molecule has 0 saturated carbocycles. The molecule has 2 atom stereocenters. The summed E-state index contributed by atoms with van der Waals surface area (Å²) in [5.74, 6) is 0. The van der Waals surface area contributed by atoms with Gasteiger partial charge in [0.1, 0.15) is 6.10 Å². The summed E-state index contributed by atoms with van der Waals surface area (Å²) in [5.41, 5.74) is 0.891. The van der Waals surface area contributed by atoms with Crippen LogP contribution in [0.3, 0.4) is 0 Å². The Bertz CT molecular complexity index is 309. The molecule has 4 nitrogen and oxygen atoms in total. The number of rotatable bonds is 6. The average Bonchev–Trinajstić information content (AvgIpc) is 2.73. The van der Waals surface area contributed by atoms with Crippen molar-refractivity contribution in [2.45, 2.75) is 52.3 Å². The van der Waals surface area contributed by atoms with Gasteiger partial charge in [0.2, 0.25) is 0 Å². The molecule has 0 fully saturated rings. The van der Waals surface area contributed by atoms with E-state index in [-0.39, 0.29) is 0 Å². The van der Waals surface area contributed by atoms with Gasteiger partial charge in [-0.15, -0.1) is 0 Å². The highest BCUT2D eigenvalue weighted by atomic mass is 16.3. The molecule has 1 aromatic heterocycles. The van der Waals surface area contributed by atoms with Crippen LogP contribution in [-0.2, 0) is 0 Å². The molecule has 1 rings (SSSR count). The fraction of sp³-hybridized carbons (Fsp3) is 0.750. The van der Waals surface area contributed by atoms with Gasteiger partial charge in [-0.25, -0.2) is 0 Å². The largest absolute Gasteiger partial charge is 0.385 e. The highest BCUT2D eigenvalue weighted by Crippen LogP contribution is 2.18. The maximum Gasteiger partial charge on any atom is 0.108 e. The molecule has 4 heteroatoms. The first kappa shape index (κ1) is 13.2. The van der Waals surface area contributed by atoms with Crippen LogP contribution in [-0.4, -0.2) is 27.5 Å². The van der Waals surface area contributed by atoms with E-state index in [0.29, 0.717) is 18.6 Å². The van der Waals surface area contributed by atoms with E-state index in [1.54, 1.807) is 6.20 Å². The molecule has 2 unspecified atom stereocenters. The number of aromatic nitrogens is 2. The van der Waals surface area contributed by atoms with E-state index < -0.39 is 6.10 Å². The summed E-state index contributed by atoms with van der Waals surface area (Å²) < 4.78 is 1.91. The minimum atomic E-state index is -0.487. The molecule has 1 heterocycles. The van der Waals surface area contributed by atoms with Crippen molar-refractivity contribution >= 4 is 0 Å². The zero-order valence-corrected chi connectivity index (χ0v) is 10.6. The number of nitrogens with one attached hydrogen (secondary N) is 1. The fourth-order valence-corrected chi connectivity index (χ4v) is 1.58. The second-order valence-electron chi connectivity index (χ2n) is 4.54. The zero-order chi connectivity index (χ0) is 12.1. The maximum absolute atomic E-state index is 10.1. The zero-order valence-electron chi connectivity index (χ0n) is 10.6. The molecule has 92 valence electrons. The smallest absolute Gasteiger partial charge is 0.108 e. The predicted octanol–water partition coefficient (Wildman–Crippen LogP) is 1.89. The van der Waals surface area contributed by atoms with Crippen LogP contribution in [0.1, 0.15) is 52.0 Å². The summed E-state index contributed by atoms with van der Waals surface area (Å²) in [6.07, 6.45) is 2.28. The normalized spacial score (nSPS) is 15.4. The van der Waals surface area contributed by atoms with Crippen LogP contribution in [0.5, 0.6) is 0 Å². The van der Waals surface area contributed by atoms with E-state index >= 15 is 0 Å². The van der Waals surface area contributed by atoms with Crippen LogP contribution in [0.15, 0.2) is 12.3 Å². The first-order chi connectivity index (χ1) is 7.56. The van der Waals surface area contributed by atoms with Crippen molar-refractivity contribution in [2.75, 3.05) is 6.54 Å². The molecule has 0 aliphatic heterocycles. The van der Waals surface area contributed by atoms with Gasteiger partial charge >= 0.3 is 0 Å².